The van der Waals surface area contributed by atoms with Gasteiger partial charge < -0.3 is 15.2 Å². The Morgan fingerprint density at radius 3 is 2.67 bits per heavy atom. The summed E-state index contributed by atoms with van der Waals surface area (Å²) >= 11 is 0. The smallest absolute Gasteiger partial charge is 0.408 e. The van der Waals surface area contributed by atoms with Gasteiger partial charge in [0.25, 0.3) is 0 Å². The Hall–Kier alpha value is -1.55. The van der Waals surface area contributed by atoms with E-state index in [1.54, 1.807) is 6.92 Å². The van der Waals surface area contributed by atoms with E-state index in [1.807, 2.05) is 30.3 Å². The Bertz CT molecular complexity index is 350. The molecule has 1 fully saturated rings. The van der Waals surface area contributed by atoms with Crippen LogP contribution >= 0.6 is 0 Å². The van der Waals surface area contributed by atoms with Gasteiger partial charge in [-0.25, -0.2) is 4.79 Å². The fourth-order valence-electron chi connectivity index (χ4n) is 1.73. The second-order valence-electron chi connectivity index (χ2n) is 3.65. The SMILES string of the molecule is CC(O)C1NC(=O)OC1c1ccccc1. The summed E-state index contributed by atoms with van der Waals surface area (Å²) in [6, 6.07) is 9.02. The number of benzene rings is 1. The first-order valence-electron chi connectivity index (χ1n) is 4.88. The van der Waals surface area contributed by atoms with Crippen LogP contribution in [0.5, 0.6) is 0 Å². The topological polar surface area (TPSA) is 58.6 Å². The Kier molecular flexibility index (Phi) is 2.60. The van der Waals surface area contributed by atoms with E-state index >= 15 is 0 Å². The van der Waals surface area contributed by atoms with E-state index in [9.17, 15) is 9.90 Å². The largest absolute Gasteiger partial charge is 0.439 e. The molecule has 1 aromatic rings. The molecule has 0 radical (unpaired) electrons. The number of carbonyl (C=O) groups excluding carboxylic acids is 1. The Morgan fingerprint density at radius 1 is 1.40 bits per heavy atom. The summed E-state index contributed by atoms with van der Waals surface area (Å²) in [5.41, 5.74) is 0.891. The maximum Gasteiger partial charge on any atom is 0.408 e. The summed E-state index contributed by atoms with van der Waals surface area (Å²) < 4.78 is 5.11. The highest BCUT2D eigenvalue weighted by molar-refractivity contribution is 5.70. The Morgan fingerprint density at radius 2 is 2.07 bits per heavy atom. The molecule has 3 atom stereocenters. The van der Waals surface area contributed by atoms with E-state index in [1.165, 1.54) is 0 Å². The van der Waals surface area contributed by atoms with Gasteiger partial charge in [0.1, 0.15) is 0 Å². The van der Waals surface area contributed by atoms with E-state index in [0.29, 0.717) is 0 Å². The van der Waals surface area contributed by atoms with Crippen molar-refractivity contribution in [3.05, 3.63) is 35.9 Å². The summed E-state index contributed by atoms with van der Waals surface area (Å²) in [5.74, 6) is 0. The van der Waals surface area contributed by atoms with Gasteiger partial charge in [-0.3, -0.25) is 0 Å². The van der Waals surface area contributed by atoms with Crippen LogP contribution in [0.1, 0.15) is 18.6 Å². The van der Waals surface area contributed by atoms with Gasteiger partial charge in [0, 0.05) is 0 Å². The van der Waals surface area contributed by atoms with E-state index in [-0.39, 0.29) is 6.04 Å². The van der Waals surface area contributed by atoms with Crippen molar-refractivity contribution in [2.45, 2.75) is 25.2 Å². The number of aliphatic hydroxyl groups is 1. The van der Waals surface area contributed by atoms with Crippen molar-refractivity contribution in [1.82, 2.24) is 5.32 Å². The average molecular weight is 207 g/mol. The van der Waals surface area contributed by atoms with E-state index < -0.39 is 18.3 Å². The monoisotopic (exact) mass is 207 g/mol. The number of alkyl carbamates (subject to hydrolysis) is 1. The summed E-state index contributed by atoms with van der Waals surface area (Å²) in [7, 11) is 0. The summed E-state index contributed by atoms with van der Waals surface area (Å²) in [6.07, 6.45) is -1.52. The van der Waals surface area contributed by atoms with Crippen molar-refractivity contribution in [3.63, 3.8) is 0 Å². The van der Waals surface area contributed by atoms with Gasteiger partial charge in [0.2, 0.25) is 0 Å². The lowest BCUT2D eigenvalue weighted by atomic mass is 10.00. The highest BCUT2D eigenvalue weighted by Crippen LogP contribution is 2.27. The Labute approximate surface area is 87.9 Å². The number of hydrogen-bond donors (Lipinski definition) is 2. The highest BCUT2D eigenvalue weighted by Gasteiger charge is 2.37. The van der Waals surface area contributed by atoms with Gasteiger partial charge >= 0.3 is 6.09 Å². The van der Waals surface area contributed by atoms with Crippen LogP contribution in [0.2, 0.25) is 0 Å². The third-order valence-corrected chi connectivity index (χ3v) is 2.49. The summed E-state index contributed by atoms with van der Waals surface area (Å²) in [6.45, 7) is 1.63. The molecule has 1 aromatic carbocycles. The molecule has 4 heteroatoms. The quantitative estimate of drug-likeness (QED) is 0.766. The van der Waals surface area contributed by atoms with Gasteiger partial charge in [-0.2, -0.15) is 0 Å². The molecule has 0 saturated carbocycles. The Balaban J connectivity index is 2.24. The number of ether oxygens (including phenoxy) is 1. The molecule has 2 rings (SSSR count). The predicted octanol–water partition coefficient (Wildman–Crippen LogP) is 1.22. The second kappa shape index (κ2) is 3.90. The molecule has 0 aliphatic carbocycles. The lowest BCUT2D eigenvalue weighted by Gasteiger charge is -2.19. The standard InChI is InChI=1S/C11H13NO3/c1-7(13)9-10(15-11(14)12-9)8-5-3-2-4-6-8/h2-7,9-10,13H,1H3,(H,12,14). The van der Waals surface area contributed by atoms with Crippen LogP contribution < -0.4 is 5.32 Å². The number of aliphatic hydroxyl groups excluding tert-OH is 1. The van der Waals surface area contributed by atoms with Crippen LogP contribution in [0, 0.1) is 0 Å². The minimum Gasteiger partial charge on any atom is -0.439 e. The fourth-order valence-corrected chi connectivity index (χ4v) is 1.73. The first-order chi connectivity index (χ1) is 7.18. The van der Waals surface area contributed by atoms with E-state index in [2.05, 4.69) is 5.32 Å². The molecule has 80 valence electrons. The number of rotatable bonds is 2. The van der Waals surface area contributed by atoms with Gasteiger partial charge in [-0.1, -0.05) is 30.3 Å². The molecular weight excluding hydrogens is 194 g/mol. The lowest BCUT2D eigenvalue weighted by molar-refractivity contribution is 0.0876. The van der Waals surface area contributed by atoms with Crippen LogP contribution in [0.25, 0.3) is 0 Å². The first kappa shape index (κ1) is 9.98. The number of hydrogen-bond acceptors (Lipinski definition) is 3. The third-order valence-electron chi connectivity index (χ3n) is 2.49. The van der Waals surface area contributed by atoms with Crippen molar-refractivity contribution in [2.75, 3.05) is 0 Å². The van der Waals surface area contributed by atoms with Crippen LogP contribution in [-0.2, 0) is 4.74 Å². The van der Waals surface area contributed by atoms with Crippen LogP contribution in [0.3, 0.4) is 0 Å². The zero-order chi connectivity index (χ0) is 10.8. The minimum atomic E-state index is -0.637. The molecule has 1 saturated heterocycles. The zero-order valence-corrected chi connectivity index (χ0v) is 8.38. The van der Waals surface area contributed by atoms with Gasteiger partial charge in [0.15, 0.2) is 6.10 Å². The molecule has 1 aliphatic rings. The van der Waals surface area contributed by atoms with Crippen LogP contribution in [0.15, 0.2) is 30.3 Å². The molecule has 0 bridgehead atoms. The highest BCUT2D eigenvalue weighted by atomic mass is 16.6. The molecule has 4 nitrogen and oxygen atoms in total. The van der Waals surface area contributed by atoms with Crippen molar-refractivity contribution < 1.29 is 14.6 Å². The molecule has 1 amide bonds. The summed E-state index contributed by atoms with van der Waals surface area (Å²) in [4.78, 5) is 11.1. The molecule has 2 N–H and O–H groups in total. The van der Waals surface area contributed by atoms with Crippen molar-refractivity contribution in [2.24, 2.45) is 0 Å². The molecule has 0 spiro atoms. The molecule has 1 aliphatic heterocycles. The lowest BCUT2D eigenvalue weighted by Crippen LogP contribution is -2.37. The number of cyclic esters (lactones) is 1. The average Bonchev–Trinajstić information content (AvgIpc) is 2.62. The summed E-state index contributed by atoms with van der Waals surface area (Å²) in [5, 5.41) is 12.1. The number of amides is 1. The first-order valence-corrected chi connectivity index (χ1v) is 4.88. The van der Waals surface area contributed by atoms with Crippen LogP contribution in [0.4, 0.5) is 4.79 Å². The molecule has 1 heterocycles. The van der Waals surface area contributed by atoms with Crippen molar-refractivity contribution >= 4 is 6.09 Å². The maximum atomic E-state index is 11.1. The maximum absolute atomic E-state index is 11.1. The normalized spacial score (nSPS) is 26.9. The van der Waals surface area contributed by atoms with E-state index in [0.717, 1.165) is 5.56 Å². The van der Waals surface area contributed by atoms with Crippen LogP contribution in [-0.4, -0.2) is 23.3 Å². The van der Waals surface area contributed by atoms with E-state index in [4.69, 9.17) is 4.74 Å². The number of nitrogens with one attached hydrogen (secondary N) is 1. The predicted molar refractivity (Wildman–Crippen MR) is 54.3 cm³/mol. The van der Waals surface area contributed by atoms with Crippen molar-refractivity contribution in [3.8, 4) is 0 Å². The van der Waals surface area contributed by atoms with Gasteiger partial charge in [0.05, 0.1) is 12.1 Å². The van der Waals surface area contributed by atoms with Gasteiger partial charge in [-0.05, 0) is 12.5 Å². The molecule has 0 aromatic heterocycles. The van der Waals surface area contributed by atoms with Gasteiger partial charge in [-0.15, -0.1) is 0 Å². The molecular formula is C11H13NO3. The third kappa shape index (κ3) is 1.94. The van der Waals surface area contributed by atoms with Crippen molar-refractivity contribution in [1.29, 1.82) is 0 Å². The fraction of sp³-hybridized carbons (Fsp3) is 0.364. The number of carbonyl (C=O) groups is 1. The zero-order valence-electron chi connectivity index (χ0n) is 8.38. The molecule has 3 unspecified atom stereocenters. The molecule has 15 heavy (non-hydrogen) atoms. The second-order valence-corrected chi connectivity index (χ2v) is 3.65. The minimum absolute atomic E-state index is 0.375.